The van der Waals surface area contributed by atoms with Crippen molar-refractivity contribution in [3.63, 3.8) is 0 Å². The molecule has 7 nitrogen and oxygen atoms in total. The highest BCUT2D eigenvalue weighted by Gasteiger charge is 2.38. The number of likely N-dealkylation sites (tertiary alicyclic amines) is 1. The number of alkyl halides is 3. The maximum Gasteiger partial charge on any atom is 0.421 e. The van der Waals surface area contributed by atoms with Gasteiger partial charge in [0.1, 0.15) is 11.7 Å². The Morgan fingerprint density at radius 1 is 1.25 bits per heavy atom. The van der Waals surface area contributed by atoms with Crippen molar-refractivity contribution in [1.29, 1.82) is 0 Å². The average Bonchev–Trinajstić information content (AvgIpc) is 3.09. The van der Waals surface area contributed by atoms with Crippen LogP contribution in [-0.4, -0.2) is 41.9 Å². The van der Waals surface area contributed by atoms with Crippen molar-refractivity contribution in [2.75, 3.05) is 19.9 Å². The fraction of sp³-hybridized carbons (Fsp3) is 0.333. The van der Waals surface area contributed by atoms with Crippen LogP contribution in [0.3, 0.4) is 0 Å². The second-order valence-electron chi connectivity index (χ2n) is 6.35. The molecular formula is C18H16F3N3O4. The van der Waals surface area contributed by atoms with Crippen LogP contribution >= 0.6 is 0 Å². The number of carbonyl (C=O) groups excluding carboxylic acids is 1. The molecule has 0 radical (unpaired) electrons. The monoisotopic (exact) mass is 395 g/mol. The molecule has 1 N–H and O–H groups in total. The standard InChI is InChI=1S/C18H16F3N3O4/c19-18(20,21)13-2-1-5-22-16(13)28-12-8-24(9-12)17(25)23-7-11-3-4-14-15(6-11)27-10-26-14/h1-6,12H,7-10H2,(H,23,25). The third-order valence-electron chi connectivity index (χ3n) is 4.37. The van der Waals surface area contributed by atoms with Gasteiger partial charge >= 0.3 is 12.2 Å². The minimum Gasteiger partial charge on any atom is -0.470 e. The summed E-state index contributed by atoms with van der Waals surface area (Å²) in [6.45, 7) is 0.824. The minimum atomic E-state index is -4.55. The third kappa shape index (κ3) is 3.75. The Hall–Kier alpha value is -3.17. The lowest BCUT2D eigenvalue weighted by Crippen LogP contribution is -2.58. The Kier molecular flexibility index (Phi) is 4.62. The van der Waals surface area contributed by atoms with Gasteiger partial charge in [0.05, 0.1) is 13.1 Å². The molecule has 1 fully saturated rings. The van der Waals surface area contributed by atoms with Gasteiger partial charge in [0.25, 0.3) is 0 Å². The van der Waals surface area contributed by atoms with E-state index in [1.54, 1.807) is 12.1 Å². The molecule has 0 atom stereocenters. The maximum atomic E-state index is 13.0. The zero-order valence-electron chi connectivity index (χ0n) is 14.5. The molecule has 28 heavy (non-hydrogen) atoms. The lowest BCUT2D eigenvalue weighted by atomic mass is 10.1. The van der Waals surface area contributed by atoms with E-state index >= 15 is 0 Å². The van der Waals surface area contributed by atoms with Gasteiger partial charge in [-0.15, -0.1) is 0 Å². The summed E-state index contributed by atoms with van der Waals surface area (Å²) in [6, 6.07) is 7.15. The quantitative estimate of drug-likeness (QED) is 0.862. The number of hydrogen-bond acceptors (Lipinski definition) is 5. The van der Waals surface area contributed by atoms with Gasteiger partial charge in [-0.05, 0) is 29.8 Å². The smallest absolute Gasteiger partial charge is 0.421 e. The van der Waals surface area contributed by atoms with Crippen LogP contribution in [0.4, 0.5) is 18.0 Å². The zero-order chi connectivity index (χ0) is 19.7. The lowest BCUT2D eigenvalue weighted by Gasteiger charge is -2.38. The highest BCUT2D eigenvalue weighted by molar-refractivity contribution is 5.75. The fourth-order valence-electron chi connectivity index (χ4n) is 2.88. The highest BCUT2D eigenvalue weighted by atomic mass is 19.4. The molecule has 3 heterocycles. The summed E-state index contributed by atoms with van der Waals surface area (Å²) in [5.41, 5.74) is -0.0880. The first-order valence-electron chi connectivity index (χ1n) is 8.50. The van der Waals surface area contributed by atoms with Crippen LogP contribution in [0.15, 0.2) is 36.5 Å². The first kappa shape index (κ1) is 18.2. The molecule has 2 aromatic rings. The van der Waals surface area contributed by atoms with Gasteiger partial charge in [-0.2, -0.15) is 13.2 Å². The normalized spacial score (nSPS) is 15.9. The summed E-state index contributed by atoms with van der Waals surface area (Å²) in [4.78, 5) is 17.3. The molecule has 2 aliphatic rings. The molecule has 0 spiro atoms. The number of nitrogens with one attached hydrogen (secondary N) is 1. The van der Waals surface area contributed by atoms with Crippen LogP contribution in [0.1, 0.15) is 11.1 Å². The van der Waals surface area contributed by atoms with Gasteiger partial charge in [-0.1, -0.05) is 6.07 Å². The van der Waals surface area contributed by atoms with E-state index in [0.717, 1.165) is 11.6 Å². The largest absolute Gasteiger partial charge is 0.470 e. The van der Waals surface area contributed by atoms with E-state index in [1.807, 2.05) is 6.07 Å². The van der Waals surface area contributed by atoms with E-state index in [1.165, 1.54) is 17.2 Å². The van der Waals surface area contributed by atoms with Crippen molar-refractivity contribution in [1.82, 2.24) is 15.2 Å². The molecule has 2 aliphatic heterocycles. The molecule has 0 saturated carbocycles. The molecule has 4 rings (SSSR count). The molecule has 148 valence electrons. The van der Waals surface area contributed by atoms with Gasteiger partial charge in [0, 0.05) is 12.7 Å². The molecule has 1 aromatic carbocycles. The van der Waals surface area contributed by atoms with Crippen LogP contribution < -0.4 is 19.5 Å². The summed E-state index contributed by atoms with van der Waals surface area (Å²) < 4.78 is 54.7. The number of benzene rings is 1. The molecule has 10 heteroatoms. The first-order chi connectivity index (χ1) is 13.4. The Labute approximate surface area is 158 Å². The Bertz CT molecular complexity index is 885. The number of ether oxygens (including phenoxy) is 3. The van der Waals surface area contributed by atoms with E-state index < -0.39 is 23.7 Å². The number of halogens is 3. The highest BCUT2D eigenvalue weighted by Crippen LogP contribution is 2.35. The second-order valence-corrected chi connectivity index (χ2v) is 6.35. The van der Waals surface area contributed by atoms with Crippen molar-refractivity contribution in [3.8, 4) is 17.4 Å². The third-order valence-corrected chi connectivity index (χ3v) is 4.37. The summed E-state index contributed by atoms with van der Waals surface area (Å²) in [6.07, 6.45) is -3.85. The summed E-state index contributed by atoms with van der Waals surface area (Å²) in [5, 5.41) is 2.75. The van der Waals surface area contributed by atoms with Crippen LogP contribution in [-0.2, 0) is 12.7 Å². The average molecular weight is 395 g/mol. The number of amides is 2. The van der Waals surface area contributed by atoms with Gasteiger partial charge in [0.15, 0.2) is 11.5 Å². The molecule has 0 aliphatic carbocycles. The summed E-state index contributed by atoms with van der Waals surface area (Å²) in [5.74, 6) is 0.811. The maximum absolute atomic E-state index is 13.0. The first-order valence-corrected chi connectivity index (χ1v) is 8.50. The van der Waals surface area contributed by atoms with E-state index in [4.69, 9.17) is 14.2 Å². The number of fused-ring (bicyclic) bond motifs is 1. The van der Waals surface area contributed by atoms with Crippen LogP contribution in [0.5, 0.6) is 17.4 Å². The van der Waals surface area contributed by atoms with Gasteiger partial charge in [0.2, 0.25) is 12.7 Å². The SMILES string of the molecule is O=C(NCc1ccc2c(c1)OCO2)N1CC(Oc2ncccc2C(F)(F)F)C1. The fourth-order valence-corrected chi connectivity index (χ4v) is 2.88. The summed E-state index contributed by atoms with van der Waals surface area (Å²) in [7, 11) is 0. The van der Waals surface area contributed by atoms with Crippen molar-refractivity contribution < 1.29 is 32.2 Å². The number of carbonyl (C=O) groups is 1. The van der Waals surface area contributed by atoms with Crippen molar-refractivity contribution >= 4 is 6.03 Å². The molecule has 0 unspecified atom stereocenters. The second kappa shape index (κ2) is 7.10. The number of pyridine rings is 1. The van der Waals surface area contributed by atoms with E-state index in [-0.39, 0.29) is 32.5 Å². The van der Waals surface area contributed by atoms with Gasteiger partial charge in [-0.3, -0.25) is 0 Å². The molecule has 2 amide bonds. The lowest BCUT2D eigenvalue weighted by molar-refractivity contribution is -0.140. The Morgan fingerprint density at radius 3 is 2.82 bits per heavy atom. The molecular weight excluding hydrogens is 379 g/mol. The zero-order valence-corrected chi connectivity index (χ0v) is 14.5. The van der Waals surface area contributed by atoms with Crippen molar-refractivity contribution in [2.45, 2.75) is 18.8 Å². The van der Waals surface area contributed by atoms with Crippen LogP contribution in [0.2, 0.25) is 0 Å². The van der Waals surface area contributed by atoms with Gasteiger partial charge in [-0.25, -0.2) is 9.78 Å². The Morgan fingerprint density at radius 2 is 2.04 bits per heavy atom. The van der Waals surface area contributed by atoms with Crippen LogP contribution in [0.25, 0.3) is 0 Å². The Balaban J connectivity index is 1.27. The number of urea groups is 1. The van der Waals surface area contributed by atoms with Gasteiger partial charge < -0.3 is 24.4 Å². The van der Waals surface area contributed by atoms with E-state index in [2.05, 4.69) is 10.3 Å². The van der Waals surface area contributed by atoms with Crippen molar-refractivity contribution in [2.24, 2.45) is 0 Å². The van der Waals surface area contributed by atoms with Crippen molar-refractivity contribution in [3.05, 3.63) is 47.7 Å². The van der Waals surface area contributed by atoms with Crippen LogP contribution in [0, 0.1) is 0 Å². The molecule has 1 aromatic heterocycles. The van der Waals surface area contributed by atoms with E-state index in [0.29, 0.717) is 11.5 Å². The minimum absolute atomic E-state index is 0.173. The van der Waals surface area contributed by atoms with E-state index in [9.17, 15) is 18.0 Å². The number of nitrogens with zero attached hydrogens (tertiary/aromatic N) is 2. The predicted octanol–water partition coefficient (Wildman–Crippen LogP) is 2.80. The topological polar surface area (TPSA) is 72.9 Å². The molecule has 1 saturated heterocycles. The predicted molar refractivity (Wildman–Crippen MR) is 90.0 cm³/mol. The molecule has 0 bridgehead atoms. The summed E-state index contributed by atoms with van der Waals surface area (Å²) >= 11 is 0. The number of rotatable bonds is 4. The number of hydrogen-bond donors (Lipinski definition) is 1. The number of aromatic nitrogens is 1.